The first-order valence-corrected chi connectivity index (χ1v) is 10.2. The van der Waals surface area contributed by atoms with E-state index in [1.54, 1.807) is 18.5 Å². The van der Waals surface area contributed by atoms with E-state index in [1.165, 1.54) is 23.9 Å². The lowest BCUT2D eigenvalue weighted by Gasteiger charge is -2.15. The molecular formula is C20H22F4N2S2. The predicted octanol–water partition coefficient (Wildman–Crippen LogP) is 7.02. The molecule has 2 nitrogen and oxygen atoms in total. The van der Waals surface area contributed by atoms with Gasteiger partial charge >= 0.3 is 11.7 Å². The minimum Gasteiger partial charge on any atom is -0.366 e. The third-order valence-electron chi connectivity index (χ3n) is 3.93. The van der Waals surface area contributed by atoms with Gasteiger partial charge in [0.05, 0.1) is 12.0 Å². The Morgan fingerprint density at radius 3 is 2.43 bits per heavy atom. The van der Waals surface area contributed by atoms with Gasteiger partial charge in [0.2, 0.25) is 0 Å². The lowest BCUT2D eigenvalue weighted by molar-refractivity contribution is -0.0563. The predicted molar refractivity (Wildman–Crippen MR) is 110 cm³/mol. The van der Waals surface area contributed by atoms with E-state index in [2.05, 4.69) is 4.99 Å². The number of thioether (sulfide) groups is 1. The van der Waals surface area contributed by atoms with Crippen LogP contribution in [0.1, 0.15) is 18.1 Å². The van der Waals surface area contributed by atoms with Crippen molar-refractivity contribution in [3.05, 3.63) is 47.5 Å². The van der Waals surface area contributed by atoms with E-state index in [4.69, 9.17) is 0 Å². The lowest BCUT2D eigenvalue weighted by Crippen LogP contribution is -2.21. The van der Waals surface area contributed by atoms with Crippen molar-refractivity contribution in [2.24, 2.45) is 4.99 Å². The number of hydrogen-bond acceptors (Lipinski definition) is 3. The van der Waals surface area contributed by atoms with Crippen LogP contribution in [0, 0.1) is 13.8 Å². The molecule has 8 heteroatoms. The number of rotatable bonds is 8. The molecule has 152 valence electrons. The number of benzene rings is 2. The summed E-state index contributed by atoms with van der Waals surface area (Å²) in [6.45, 7) is 6.80. The number of nitrogens with zero attached hydrogens (tertiary/aromatic N) is 2. The summed E-state index contributed by atoms with van der Waals surface area (Å²) in [4.78, 5) is 8.23. The molecule has 0 fully saturated rings. The minimum absolute atomic E-state index is 0.105. The first-order chi connectivity index (χ1) is 13.1. The Morgan fingerprint density at radius 1 is 1.11 bits per heavy atom. The Labute approximate surface area is 171 Å². The monoisotopic (exact) mass is 430 g/mol. The van der Waals surface area contributed by atoms with E-state index in [0.717, 1.165) is 28.3 Å². The van der Waals surface area contributed by atoms with Gasteiger partial charge in [0.25, 0.3) is 0 Å². The number of hydrogen-bond donors (Lipinski definition) is 0. The summed E-state index contributed by atoms with van der Waals surface area (Å²) in [5.74, 6) is 0. The van der Waals surface area contributed by atoms with E-state index >= 15 is 0 Å². The van der Waals surface area contributed by atoms with Gasteiger partial charge in [0.1, 0.15) is 0 Å². The molecule has 2 rings (SSSR count). The first kappa shape index (κ1) is 22.6. The van der Waals surface area contributed by atoms with Crippen molar-refractivity contribution in [3.63, 3.8) is 0 Å². The van der Waals surface area contributed by atoms with Crippen molar-refractivity contribution in [1.82, 2.24) is 4.90 Å². The SMILES string of the molecule is CCN(C)C=Nc1cc(C)c(Sc2cccc(SC(F)(F)C(F)F)c2)cc1C. The second-order valence-electron chi connectivity index (χ2n) is 6.26. The average Bonchev–Trinajstić information content (AvgIpc) is 2.62. The van der Waals surface area contributed by atoms with Gasteiger partial charge in [-0.05, 0) is 74.0 Å². The van der Waals surface area contributed by atoms with Crippen LogP contribution >= 0.6 is 23.5 Å². The summed E-state index contributed by atoms with van der Waals surface area (Å²) in [5.41, 5.74) is 2.85. The van der Waals surface area contributed by atoms with Gasteiger partial charge in [-0.2, -0.15) is 8.78 Å². The normalized spacial score (nSPS) is 12.2. The molecule has 0 heterocycles. The molecule has 0 unspecified atom stereocenters. The summed E-state index contributed by atoms with van der Waals surface area (Å²) in [6, 6.07) is 10.2. The molecule has 28 heavy (non-hydrogen) atoms. The molecule has 0 saturated carbocycles. The van der Waals surface area contributed by atoms with Crippen LogP contribution in [0.3, 0.4) is 0 Å². The van der Waals surface area contributed by atoms with E-state index < -0.39 is 11.7 Å². The van der Waals surface area contributed by atoms with Crippen molar-refractivity contribution in [1.29, 1.82) is 0 Å². The average molecular weight is 431 g/mol. The zero-order valence-electron chi connectivity index (χ0n) is 16.0. The third kappa shape index (κ3) is 6.17. The fraction of sp³-hybridized carbons (Fsp3) is 0.350. The van der Waals surface area contributed by atoms with Crippen LogP contribution in [0.4, 0.5) is 23.2 Å². The van der Waals surface area contributed by atoms with Gasteiger partial charge in [0.15, 0.2) is 0 Å². The van der Waals surface area contributed by atoms with Gasteiger partial charge in [-0.15, -0.1) is 0 Å². The number of halogens is 4. The zero-order valence-corrected chi connectivity index (χ0v) is 17.7. The number of alkyl halides is 4. The lowest BCUT2D eigenvalue weighted by atomic mass is 10.1. The van der Waals surface area contributed by atoms with Crippen molar-refractivity contribution in [3.8, 4) is 0 Å². The maximum atomic E-state index is 13.3. The van der Waals surface area contributed by atoms with Crippen LogP contribution in [0.5, 0.6) is 0 Å². The van der Waals surface area contributed by atoms with Crippen molar-refractivity contribution in [2.45, 2.75) is 47.1 Å². The largest absolute Gasteiger partial charge is 0.366 e. The van der Waals surface area contributed by atoms with Gasteiger partial charge in [-0.1, -0.05) is 17.8 Å². The maximum Gasteiger partial charge on any atom is 0.357 e. The minimum atomic E-state index is -4.11. The highest BCUT2D eigenvalue weighted by atomic mass is 32.2. The molecule has 0 amide bonds. The Hall–Kier alpha value is -1.67. The second kappa shape index (κ2) is 9.69. The van der Waals surface area contributed by atoms with Crippen molar-refractivity contribution >= 4 is 35.5 Å². The summed E-state index contributed by atoms with van der Waals surface area (Å²) in [5, 5.41) is -4.11. The molecule has 0 aromatic heterocycles. The topological polar surface area (TPSA) is 15.6 Å². The number of aliphatic imine (C=N–C) groups is 1. The molecule has 0 N–H and O–H groups in total. The summed E-state index contributed by atoms with van der Waals surface area (Å²) < 4.78 is 51.4. The third-order valence-corrected chi connectivity index (χ3v) is 6.02. The highest BCUT2D eigenvalue weighted by Gasteiger charge is 2.41. The van der Waals surface area contributed by atoms with Gasteiger partial charge in [-0.25, -0.2) is 13.8 Å². The molecule has 0 radical (unpaired) electrons. The van der Waals surface area contributed by atoms with Crippen LogP contribution in [0.15, 0.2) is 56.1 Å². The van der Waals surface area contributed by atoms with Gasteiger partial charge in [-0.3, -0.25) is 0 Å². The highest BCUT2D eigenvalue weighted by molar-refractivity contribution is 8.00. The first-order valence-electron chi connectivity index (χ1n) is 8.61. The summed E-state index contributed by atoms with van der Waals surface area (Å²) >= 11 is 1.29. The van der Waals surface area contributed by atoms with E-state index in [1.807, 2.05) is 44.9 Å². The smallest absolute Gasteiger partial charge is 0.357 e. The fourth-order valence-corrected chi connectivity index (χ4v) is 4.05. The van der Waals surface area contributed by atoms with Gasteiger partial charge in [0, 0.05) is 28.3 Å². The summed E-state index contributed by atoms with van der Waals surface area (Å²) in [7, 11) is 1.94. The Bertz CT molecular complexity index is 841. The second-order valence-corrected chi connectivity index (χ2v) is 8.60. The highest BCUT2D eigenvalue weighted by Crippen LogP contribution is 2.42. The molecule has 0 saturated heterocycles. The Kier molecular flexibility index (Phi) is 7.83. The molecule has 0 bridgehead atoms. The molecular weight excluding hydrogens is 408 g/mol. The van der Waals surface area contributed by atoms with Crippen LogP contribution in [-0.2, 0) is 0 Å². The van der Waals surface area contributed by atoms with E-state index in [-0.39, 0.29) is 16.7 Å². The zero-order chi connectivity index (χ0) is 20.9. The quantitative estimate of drug-likeness (QED) is 0.194. The maximum absolute atomic E-state index is 13.3. The molecule has 0 aliphatic heterocycles. The number of aryl methyl sites for hydroxylation is 2. The van der Waals surface area contributed by atoms with Crippen molar-refractivity contribution in [2.75, 3.05) is 13.6 Å². The van der Waals surface area contributed by atoms with Crippen molar-refractivity contribution < 1.29 is 17.6 Å². The molecule has 0 atom stereocenters. The molecule has 2 aromatic rings. The molecule has 2 aromatic carbocycles. The van der Waals surface area contributed by atoms with E-state index in [9.17, 15) is 17.6 Å². The molecule has 0 aliphatic rings. The van der Waals surface area contributed by atoms with Crippen LogP contribution in [0.25, 0.3) is 0 Å². The molecule has 0 spiro atoms. The van der Waals surface area contributed by atoms with Gasteiger partial charge < -0.3 is 4.90 Å². The van der Waals surface area contributed by atoms with Crippen LogP contribution < -0.4 is 0 Å². The van der Waals surface area contributed by atoms with E-state index in [0.29, 0.717) is 4.90 Å². The Balaban J connectivity index is 2.21. The Morgan fingerprint density at radius 2 is 1.79 bits per heavy atom. The fourth-order valence-electron chi connectivity index (χ4n) is 2.20. The molecule has 0 aliphatic carbocycles. The standard InChI is InChI=1S/C20H22F4N2S2/c1-5-26(4)12-25-17-9-14(3)18(10-13(17)2)27-15-7-6-8-16(11-15)28-20(23,24)19(21)22/h6-12,19H,5H2,1-4H3. The summed E-state index contributed by atoms with van der Waals surface area (Å²) in [6.07, 6.45) is -1.93. The van der Waals surface area contributed by atoms with Crippen LogP contribution in [-0.4, -0.2) is 36.5 Å². The van der Waals surface area contributed by atoms with Crippen LogP contribution in [0.2, 0.25) is 0 Å².